The van der Waals surface area contributed by atoms with E-state index in [4.69, 9.17) is 9.47 Å². The number of nitrogens with zero attached hydrogens (tertiary/aromatic N) is 2. The number of halogens is 1. The first-order valence-corrected chi connectivity index (χ1v) is 13.5. The van der Waals surface area contributed by atoms with Gasteiger partial charge in [-0.3, -0.25) is 9.69 Å². The van der Waals surface area contributed by atoms with Crippen LogP contribution in [0.1, 0.15) is 51.3 Å². The van der Waals surface area contributed by atoms with E-state index in [2.05, 4.69) is 20.5 Å². The molecule has 1 unspecified atom stereocenters. The SMILES string of the molecule is CCOC1=CC(F)(CN2CCC(Nc3ccc(NC(C)=O)nc3C)CC2)CC(OCC)=C1c1ccccc1. The Morgan fingerprint density at radius 2 is 1.82 bits per heavy atom. The van der Waals surface area contributed by atoms with Crippen LogP contribution < -0.4 is 10.6 Å². The van der Waals surface area contributed by atoms with Crippen LogP contribution in [0.4, 0.5) is 15.9 Å². The summed E-state index contributed by atoms with van der Waals surface area (Å²) in [5, 5.41) is 6.29. The quantitative estimate of drug-likeness (QED) is 0.417. The number of ether oxygens (including phenoxy) is 2. The standard InChI is InChI=1S/C30H39FN4O3/c1-5-37-26-18-30(31,19-27(38-6-2)29(26)23-10-8-7-9-11-23)20-35-16-14-24(15-17-35)34-25-12-13-28(32-21(25)3)33-22(4)36/h7-13,18,24,34H,5-6,14-17,19-20H2,1-4H3,(H,32,33,36). The van der Waals surface area contributed by atoms with Crippen molar-refractivity contribution >= 4 is 23.0 Å². The predicted octanol–water partition coefficient (Wildman–Crippen LogP) is 5.70. The van der Waals surface area contributed by atoms with Crippen molar-refractivity contribution in [1.82, 2.24) is 9.88 Å². The molecule has 7 nitrogen and oxygen atoms in total. The van der Waals surface area contributed by atoms with Crippen LogP contribution in [0.5, 0.6) is 0 Å². The van der Waals surface area contributed by atoms with Gasteiger partial charge in [-0.2, -0.15) is 0 Å². The number of piperidine rings is 1. The third-order valence-corrected chi connectivity index (χ3v) is 6.87. The molecule has 2 aliphatic rings. The van der Waals surface area contributed by atoms with Crippen LogP contribution in [0.2, 0.25) is 0 Å². The predicted molar refractivity (Wildman–Crippen MR) is 150 cm³/mol. The minimum absolute atomic E-state index is 0.142. The molecule has 1 amide bonds. The summed E-state index contributed by atoms with van der Waals surface area (Å²) in [5.74, 6) is 1.61. The Morgan fingerprint density at radius 1 is 1.11 bits per heavy atom. The molecule has 1 atom stereocenters. The molecule has 204 valence electrons. The summed E-state index contributed by atoms with van der Waals surface area (Å²) in [6.07, 6.45) is 3.64. The van der Waals surface area contributed by atoms with Gasteiger partial charge in [0.15, 0.2) is 5.67 Å². The molecule has 4 rings (SSSR count). The third kappa shape index (κ3) is 6.92. The van der Waals surface area contributed by atoms with Gasteiger partial charge < -0.3 is 20.1 Å². The van der Waals surface area contributed by atoms with E-state index in [0.717, 1.165) is 48.4 Å². The van der Waals surface area contributed by atoms with Crippen LogP contribution in [0.15, 0.2) is 60.1 Å². The monoisotopic (exact) mass is 522 g/mol. The minimum atomic E-state index is -1.58. The molecule has 2 heterocycles. The zero-order valence-electron chi connectivity index (χ0n) is 22.9. The number of alkyl halides is 1. The van der Waals surface area contributed by atoms with Crippen LogP contribution in [-0.2, 0) is 14.3 Å². The van der Waals surface area contributed by atoms with Gasteiger partial charge in [-0.25, -0.2) is 9.37 Å². The Hall–Kier alpha value is -3.39. The Bertz CT molecular complexity index is 1180. The topological polar surface area (TPSA) is 75.7 Å². The second-order valence-electron chi connectivity index (χ2n) is 9.96. The lowest BCUT2D eigenvalue weighted by Crippen LogP contribution is -2.46. The fourth-order valence-corrected chi connectivity index (χ4v) is 5.22. The van der Waals surface area contributed by atoms with Gasteiger partial charge in [0.2, 0.25) is 5.91 Å². The van der Waals surface area contributed by atoms with Gasteiger partial charge in [-0.15, -0.1) is 0 Å². The van der Waals surface area contributed by atoms with E-state index < -0.39 is 5.67 Å². The highest BCUT2D eigenvalue weighted by Gasteiger charge is 2.39. The highest BCUT2D eigenvalue weighted by Crippen LogP contribution is 2.41. The summed E-state index contributed by atoms with van der Waals surface area (Å²) in [7, 11) is 0. The van der Waals surface area contributed by atoms with E-state index in [1.165, 1.54) is 6.92 Å². The number of hydrogen-bond donors (Lipinski definition) is 2. The molecular formula is C30H39FN4O3. The maximum absolute atomic E-state index is 16.5. The molecule has 1 fully saturated rings. The molecule has 1 aromatic heterocycles. The fraction of sp³-hybridized carbons (Fsp3) is 0.467. The molecule has 0 spiro atoms. The number of pyridine rings is 1. The molecule has 0 radical (unpaired) electrons. The molecule has 0 saturated carbocycles. The fourth-order valence-electron chi connectivity index (χ4n) is 5.22. The molecule has 1 aromatic carbocycles. The second-order valence-corrected chi connectivity index (χ2v) is 9.96. The maximum atomic E-state index is 16.5. The maximum Gasteiger partial charge on any atom is 0.222 e. The van der Waals surface area contributed by atoms with Crippen molar-refractivity contribution in [3.05, 3.63) is 71.3 Å². The van der Waals surface area contributed by atoms with Gasteiger partial charge >= 0.3 is 0 Å². The zero-order chi connectivity index (χ0) is 27.1. The molecule has 1 saturated heterocycles. The number of hydrogen-bond acceptors (Lipinski definition) is 6. The first kappa shape index (κ1) is 27.6. The molecule has 1 aliphatic carbocycles. The lowest BCUT2D eigenvalue weighted by molar-refractivity contribution is -0.114. The highest BCUT2D eigenvalue weighted by molar-refractivity contribution is 5.87. The summed E-state index contributed by atoms with van der Waals surface area (Å²) in [4.78, 5) is 17.9. The van der Waals surface area contributed by atoms with E-state index in [9.17, 15) is 4.79 Å². The largest absolute Gasteiger partial charge is 0.497 e. The Kier molecular flexibility index (Phi) is 9.05. The summed E-state index contributed by atoms with van der Waals surface area (Å²) in [5.41, 5.74) is 2.03. The number of anilines is 2. The summed E-state index contributed by atoms with van der Waals surface area (Å²) in [6.45, 7) is 10.0. The van der Waals surface area contributed by atoms with E-state index >= 15 is 4.39 Å². The van der Waals surface area contributed by atoms with Crippen LogP contribution in [0, 0.1) is 6.92 Å². The number of amides is 1. The molecule has 2 aromatic rings. The van der Waals surface area contributed by atoms with Crippen molar-refractivity contribution in [2.24, 2.45) is 0 Å². The number of aromatic nitrogens is 1. The smallest absolute Gasteiger partial charge is 0.222 e. The lowest BCUT2D eigenvalue weighted by atomic mass is 9.86. The average molecular weight is 523 g/mol. The average Bonchev–Trinajstić information content (AvgIpc) is 2.87. The number of likely N-dealkylation sites (tertiary alicyclic amines) is 1. The number of allylic oxidation sites excluding steroid dienone is 2. The summed E-state index contributed by atoms with van der Waals surface area (Å²) < 4.78 is 28.4. The van der Waals surface area contributed by atoms with Crippen molar-refractivity contribution in [2.75, 3.05) is 43.5 Å². The first-order valence-electron chi connectivity index (χ1n) is 13.5. The lowest BCUT2D eigenvalue weighted by Gasteiger charge is -2.38. The number of aryl methyl sites for hydroxylation is 1. The number of carbonyl (C=O) groups is 1. The van der Waals surface area contributed by atoms with Crippen molar-refractivity contribution in [3.8, 4) is 0 Å². The molecular weight excluding hydrogens is 483 g/mol. The van der Waals surface area contributed by atoms with Crippen LogP contribution in [0.3, 0.4) is 0 Å². The normalized spacial score (nSPS) is 20.6. The summed E-state index contributed by atoms with van der Waals surface area (Å²) >= 11 is 0. The van der Waals surface area contributed by atoms with Crippen molar-refractivity contribution in [2.45, 2.75) is 58.7 Å². The van der Waals surface area contributed by atoms with Crippen molar-refractivity contribution in [3.63, 3.8) is 0 Å². The van der Waals surface area contributed by atoms with Crippen LogP contribution >= 0.6 is 0 Å². The van der Waals surface area contributed by atoms with Gasteiger partial charge in [0.25, 0.3) is 0 Å². The van der Waals surface area contributed by atoms with Crippen molar-refractivity contribution in [1.29, 1.82) is 0 Å². The Morgan fingerprint density at radius 3 is 2.45 bits per heavy atom. The zero-order valence-corrected chi connectivity index (χ0v) is 22.9. The van der Waals surface area contributed by atoms with Crippen LogP contribution in [-0.4, -0.2) is 60.3 Å². The number of benzene rings is 1. The number of carbonyl (C=O) groups excluding carboxylic acids is 1. The molecule has 2 N–H and O–H groups in total. The van der Waals surface area contributed by atoms with E-state index in [0.29, 0.717) is 37.1 Å². The van der Waals surface area contributed by atoms with Gasteiger partial charge in [-0.1, -0.05) is 30.3 Å². The summed E-state index contributed by atoms with van der Waals surface area (Å²) in [6, 6.07) is 14.0. The van der Waals surface area contributed by atoms with E-state index in [1.807, 2.05) is 57.2 Å². The van der Waals surface area contributed by atoms with E-state index in [-0.39, 0.29) is 18.4 Å². The molecule has 0 bridgehead atoms. The second kappa shape index (κ2) is 12.4. The van der Waals surface area contributed by atoms with Gasteiger partial charge in [0.05, 0.1) is 30.2 Å². The van der Waals surface area contributed by atoms with Crippen molar-refractivity contribution < 1.29 is 18.7 Å². The molecule has 1 aliphatic heterocycles. The Labute approximate surface area is 225 Å². The minimum Gasteiger partial charge on any atom is -0.497 e. The van der Waals surface area contributed by atoms with Gasteiger partial charge in [0, 0.05) is 39.0 Å². The molecule has 38 heavy (non-hydrogen) atoms. The van der Waals surface area contributed by atoms with E-state index in [1.54, 1.807) is 12.1 Å². The van der Waals surface area contributed by atoms with Crippen LogP contribution in [0.25, 0.3) is 5.57 Å². The van der Waals surface area contributed by atoms with Gasteiger partial charge in [0.1, 0.15) is 17.3 Å². The highest BCUT2D eigenvalue weighted by atomic mass is 19.1. The third-order valence-electron chi connectivity index (χ3n) is 6.87. The Balaban J connectivity index is 1.41. The number of nitrogens with one attached hydrogen (secondary N) is 2. The van der Waals surface area contributed by atoms with Gasteiger partial charge in [-0.05, 0) is 57.4 Å². The molecule has 8 heteroatoms. The first-order chi connectivity index (χ1) is 18.3. The number of rotatable bonds is 10.